The van der Waals surface area contributed by atoms with Gasteiger partial charge in [-0.3, -0.25) is 4.90 Å². The van der Waals surface area contributed by atoms with E-state index in [-0.39, 0.29) is 5.54 Å². The minimum Gasteiger partial charge on any atom is -0.359 e. The largest absolute Gasteiger partial charge is 0.359 e. The zero-order valence-electron chi connectivity index (χ0n) is 11.7. The van der Waals surface area contributed by atoms with Crippen molar-refractivity contribution >= 4 is 0 Å². The smallest absolute Gasteiger partial charge is 0.157 e. The summed E-state index contributed by atoms with van der Waals surface area (Å²) in [6.07, 6.45) is 5.89. The minimum absolute atomic E-state index is 0.169. The van der Waals surface area contributed by atoms with Crippen molar-refractivity contribution in [3.63, 3.8) is 0 Å². The fraction of sp³-hybridized carbons (Fsp3) is 0.471. The van der Waals surface area contributed by atoms with Crippen LogP contribution >= 0.6 is 0 Å². The van der Waals surface area contributed by atoms with Gasteiger partial charge in [0, 0.05) is 12.5 Å². The summed E-state index contributed by atoms with van der Waals surface area (Å²) in [7, 11) is 0. The van der Waals surface area contributed by atoms with Crippen molar-refractivity contribution in [3.8, 4) is 0 Å². The standard InChI is InChI=1S/C17H20N2O/c1-2-6-14(7-3-1)12-15-13-16(20-18-15)17-8-4-10-19(17)11-5-9-17/h1-3,6-7,13H,4-5,8-12H2. The van der Waals surface area contributed by atoms with Crippen LogP contribution in [0.15, 0.2) is 40.9 Å². The highest BCUT2D eigenvalue weighted by molar-refractivity contribution is 5.25. The highest BCUT2D eigenvalue weighted by Gasteiger charge is 2.48. The first-order chi connectivity index (χ1) is 9.87. The Balaban J connectivity index is 1.59. The van der Waals surface area contributed by atoms with Crippen molar-refractivity contribution in [2.24, 2.45) is 0 Å². The van der Waals surface area contributed by atoms with Gasteiger partial charge in [0.05, 0.1) is 11.2 Å². The molecule has 0 unspecified atom stereocenters. The second kappa shape index (κ2) is 4.74. The van der Waals surface area contributed by atoms with Gasteiger partial charge in [0.2, 0.25) is 0 Å². The Kier molecular flexibility index (Phi) is 2.88. The molecule has 104 valence electrons. The van der Waals surface area contributed by atoms with E-state index in [1.807, 2.05) is 6.07 Å². The molecule has 0 bridgehead atoms. The third kappa shape index (κ3) is 1.88. The Morgan fingerprint density at radius 3 is 2.60 bits per heavy atom. The first-order valence-electron chi connectivity index (χ1n) is 7.62. The molecule has 0 amide bonds. The number of nitrogens with zero attached hydrogens (tertiary/aromatic N) is 2. The van der Waals surface area contributed by atoms with Crippen molar-refractivity contribution in [2.75, 3.05) is 13.1 Å². The van der Waals surface area contributed by atoms with Crippen molar-refractivity contribution in [1.29, 1.82) is 0 Å². The molecule has 0 aliphatic carbocycles. The summed E-state index contributed by atoms with van der Waals surface area (Å²) in [6.45, 7) is 2.43. The maximum absolute atomic E-state index is 5.73. The number of benzene rings is 1. The first kappa shape index (κ1) is 12.2. The van der Waals surface area contributed by atoms with E-state index in [0.29, 0.717) is 0 Å². The van der Waals surface area contributed by atoms with E-state index < -0.39 is 0 Å². The van der Waals surface area contributed by atoms with E-state index in [1.165, 1.54) is 44.3 Å². The van der Waals surface area contributed by atoms with Crippen LogP contribution in [0.3, 0.4) is 0 Å². The second-order valence-corrected chi connectivity index (χ2v) is 6.07. The maximum atomic E-state index is 5.73. The maximum Gasteiger partial charge on any atom is 0.157 e. The van der Waals surface area contributed by atoms with Crippen LogP contribution in [0.2, 0.25) is 0 Å². The molecular formula is C17H20N2O. The first-order valence-corrected chi connectivity index (χ1v) is 7.62. The predicted molar refractivity (Wildman–Crippen MR) is 77.5 cm³/mol. The summed E-state index contributed by atoms with van der Waals surface area (Å²) >= 11 is 0. The normalized spacial score (nSPS) is 21.2. The molecule has 1 aromatic heterocycles. The molecule has 4 rings (SSSR count). The summed E-state index contributed by atoms with van der Waals surface area (Å²) in [5.41, 5.74) is 2.51. The van der Waals surface area contributed by atoms with Crippen molar-refractivity contribution in [2.45, 2.75) is 37.6 Å². The van der Waals surface area contributed by atoms with E-state index in [4.69, 9.17) is 4.52 Å². The topological polar surface area (TPSA) is 29.3 Å². The Morgan fingerprint density at radius 2 is 1.85 bits per heavy atom. The lowest BCUT2D eigenvalue weighted by molar-refractivity contribution is 0.150. The number of aromatic nitrogens is 1. The lowest BCUT2D eigenvalue weighted by Crippen LogP contribution is -2.34. The highest BCUT2D eigenvalue weighted by atomic mass is 16.5. The molecule has 1 aromatic carbocycles. The van der Waals surface area contributed by atoms with E-state index >= 15 is 0 Å². The Morgan fingerprint density at radius 1 is 1.10 bits per heavy atom. The number of hydrogen-bond acceptors (Lipinski definition) is 3. The van der Waals surface area contributed by atoms with Crippen LogP contribution in [0.5, 0.6) is 0 Å². The van der Waals surface area contributed by atoms with Crippen LogP contribution in [-0.4, -0.2) is 23.1 Å². The van der Waals surface area contributed by atoms with Gasteiger partial charge >= 0.3 is 0 Å². The lowest BCUT2D eigenvalue weighted by Gasteiger charge is -2.28. The summed E-state index contributed by atoms with van der Waals surface area (Å²) in [4.78, 5) is 2.60. The van der Waals surface area contributed by atoms with Gasteiger partial charge in [-0.15, -0.1) is 0 Å². The second-order valence-electron chi connectivity index (χ2n) is 6.07. The average Bonchev–Trinajstić information content (AvgIpc) is 3.13. The minimum atomic E-state index is 0.169. The Hall–Kier alpha value is -1.61. The van der Waals surface area contributed by atoms with E-state index in [9.17, 15) is 0 Å². The number of fused-ring (bicyclic) bond motifs is 1. The van der Waals surface area contributed by atoms with Crippen LogP contribution < -0.4 is 0 Å². The van der Waals surface area contributed by atoms with Crippen LogP contribution in [0.25, 0.3) is 0 Å². The predicted octanol–water partition coefficient (Wildman–Crippen LogP) is 3.35. The third-order valence-electron chi connectivity index (χ3n) is 4.89. The van der Waals surface area contributed by atoms with Gasteiger partial charge in [0.25, 0.3) is 0 Å². The van der Waals surface area contributed by atoms with Gasteiger partial charge in [-0.25, -0.2) is 0 Å². The van der Waals surface area contributed by atoms with Crippen LogP contribution in [0.4, 0.5) is 0 Å². The van der Waals surface area contributed by atoms with Gasteiger partial charge in [-0.1, -0.05) is 35.5 Å². The molecule has 3 nitrogen and oxygen atoms in total. The number of hydrogen-bond donors (Lipinski definition) is 0. The molecule has 20 heavy (non-hydrogen) atoms. The monoisotopic (exact) mass is 268 g/mol. The van der Waals surface area contributed by atoms with Crippen LogP contribution in [0, 0.1) is 0 Å². The summed E-state index contributed by atoms with van der Waals surface area (Å²) in [5.74, 6) is 1.10. The third-order valence-corrected chi connectivity index (χ3v) is 4.89. The van der Waals surface area contributed by atoms with Crippen LogP contribution in [-0.2, 0) is 12.0 Å². The molecule has 3 heterocycles. The molecule has 2 aliphatic rings. The van der Waals surface area contributed by atoms with Crippen molar-refractivity contribution in [1.82, 2.24) is 10.1 Å². The fourth-order valence-corrected chi connectivity index (χ4v) is 3.93. The zero-order valence-corrected chi connectivity index (χ0v) is 11.7. The van der Waals surface area contributed by atoms with Gasteiger partial charge in [-0.2, -0.15) is 0 Å². The highest BCUT2D eigenvalue weighted by Crippen LogP contribution is 2.46. The number of rotatable bonds is 3. The SMILES string of the molecule is c1ccc(Cc2cc(C34CCCN3CCC4)on2)cc1. The van der Waals surface area contributed by atoms with Gasteiger partial charge < -0.3 is 4.52 Å². The quantitative estimate of drug-likeness (QED) is 0.855. The van der Waals surface area contributed by atoms with Gasteiger partial charge in [-0.05, 0) is 44.3 Å². The van der Waals surface area contributed by atoms with Crippen molar-refractivity contribution < 1.29 is 4.52 Å². The lowest BCUT2D eigenvalue weighted by atomic mass is 9.91. The summed E-state index contributed by atoms with van der Waals surface area (Å²) < 4.78 is 5.73. The van der Waals surface area contributed by atoms with E-state index in [0.717, 1.165) is 17.9 Å². The molecule has 2 saturated heterocycles. The molecular weight excluding hydrogens is 248 g/mol. The summed E-state index contributed by atoms with van der Waals surface area (Å²) in [5, 5.41) is 4.31. The van der Waals surface area contributed by atoms with Crippen LogP contribution in [0.1, 0.15) is 42.7 Å². The molecule has 2 fully saturated rings. The molecule has 0 radical (unpaired) electrons. The molecule has 0 N–H and O–H groups in total. The summed E-state index contributed by atoms with van der Waals surface area (Å²) in [6, 6.07) is 12.7. The molecule has 0 saturated carbocycles. The Labute approximate surface area is 119 Å². The molecule has 2 aliphatic heterocycles. The van der Waals surface area contributed by atoms with Crippen molar-refractivity contribution in [3.05, 3.63) is 53.4 Å². The van der Waals surface area contributed by atoms with E-state index in [1.54, 1.807) is 0 Å². The average molecular weight is 268 g/mol. The molecule has 0 atom stereocenters. The zero-order chi connectivity index (χ0) is 13.4. The molecule has 2 aromatic rings. The Bertz CT molecular complexity index is 580. The van der Waals surface area contributed by atoms with Gasteiger partial charge in [0.15, 0.2) is 5.76 Å². The fourth-order valence-electron chi connectivity index (χ4n) is 3.93. The molecule has 0 spiro atoms. The molecule has 3 heteroatoms. The van der Waals surface area contributed by atoms with E-state index in [2.05, 4.69) is 40.4 Å². The van der Waals surface area contributed by atoms with Gasteiger partial charge in [0.1, 0.15) is 0 Å².